The van der Waals surface area contributed by atoms with E-state index in [2.05, 4.69) is 106 Å². The molecule has 1 amide bonds. The van der Waals surface area contributed by atoms with E-state index in [1.807, 2.05) is 0 Å². The Hall–Kier alpha value is -1.26. The molecular weight excluding hydrogens is 591 g/mol. The second-order valence-corrected chi connectivity index (χ2v) is 27.1. The first kappa shape index (κ1) is 38.2. The van der Waals surface area contributed by atoms with Crippen LogP contribution in [0.5, 0.6) is 0 Å². The number of amides is 1. The highest BCUT2D eigenvalue weighted by molar-refractivity contribution is 6.74. The van der Waals surface area contributed by atoms with E-state index in [4.69, 9.17) is 13.7 Å². The van der Waals surface area contributed by atoms with Crippen LogP contribution in [0.3, 0.4) is 0 Å². The zero-order valence-corrected chi connectivity index (χ0v) is 33.4. The van der Waals surface area contributed by atoms with E-state index < -0.39 is 16.6 Å². The van der Waals surface area contributed by atoms with E-state index >= 15 is 0 Å². The summed E-state index contributed by atoms with van der Waals surface area (Å²) in [4.78, 5) is 17.4. The molecule has 6 atom stereocenters. The topological polar surface area (TPSA) is 48.0 Å². The molecule has 7 heteroatoms. The smallest absolute Gasteiger partial charge is 0.269 e. The maximum Gasteiger partial charge on any atom is 0.269 e. The summed E-state index contributed by atoms with van der Waals surface area (Å²) in [5.74, 6) is 1.37. The third kappa shape index (κ3) is 8.62. The fourth-order valence-electron chi connectivity index (χ4n) is 7.47. The fraction of sp³-hybridized carbons (Fsp3) is 0.763. The number of likely N-dealkylation sites (N-methyl/N-ethyl adjacent to an activating group) is 1. The van der Waals surface area contributed by atoms with Crippen molar-refractivity contribution >= 4 is 22.5 Å². The average Bonchev–Trinajstić information content (AvgIpc) is 3.27. The molecule has 0 aliphatic heterocycles. The zero-order chi connectivity index (χ0) is 34.2. The molecule has 0 aromatic rings. The monoisotopic (exact) mass is 657 g/mol. The minimum absolute atomic E-state index is 0.000886. The lowest BCUT2D eigenvalue weighted by molar-refractivity contribution is -0.162. The second kappa shape index (κ2) is 14.1. The molecule has 0 saturated heterocycles. The summed E-state index contributed by atoms with van der Waals surface area (Å²) in [7, 11) is -0.765. The van der Waals surface area contributed by atoms with Gasteiger partial charge < -0.3 is 8.85 Å². The molecule has 256 valence electrons. The van der Waals surface area contributed by atoms with Crippen molar-refractivity contribution in [2.24, 2.45) is 23.2 Å². The molecule has 0 unspecified atom stereocenters. The van der Waals surface area contributed by atoms with E-state index in [1.54, 1.807) is 18.7 Å². The van der Waals surface area contributed by atoms with Crippen molar-refractivity contribution in [3.63, 3.8) is 0 Å². The molecule has 3 fully saturated rings. The highest BCUT2D eigenvalue weighted by atomic mass is 28.4. The minimum Gasteiger partial charge on any atom is -0.413 e. The van der Waals surface area contributed by atoms with Gasteiger partial charge in [-0.05, 0) is 109 Å². The maximum absolute atomic E-state index is 12.3. The molecule has 3 aliphatic rings. The second-order valence-electron chi connectivity index (χ2n) is 17.6. The summed E-state index contributed by atoms with van der Waals surface area (Å²) in [5.41, 5.74) is 4.29. The van der Waals surface area contributed by atoms with Gasteiger partial charge in [-0.1, -0.05) is 85.8 Å². The summed E-state index contributed by atoms with van der Waals surface area (Å²) in [5, 5.41) is 1.57. The van der Waals surface area contributed by atoms with Gasteiger partial charge in [0.2, 0.25) is 0 Å². The van der Waals surface area contributed by atoms with E-state index in [0.29, 0.717) is 17.8 Å². The number of fused-ring (bicyclic) bond motifs is 1. The summed E-state index contributed by atoms with van der Waals surface area (Å²) < 4.78 is 14.1. The highest BCUT2D eigenvalue weighted by Crippen LogP contribution is 2.59. The lowest BCUT2D eigenvalue weighted by atomic mass is 9.61. The van der Waals surface area contributed by atoms with Crippen molar-refractivity contribution in [2.45, 2.75) is 149 Å². The lowest BCUT2D eigenvalue weighted by Gasteiger charge is -2.45. The van der Waals surface area contributed by atoms with E-state index in [0.717, 1.165) is 18.4 Å². The largest absolute Gasteiger partial charge is 0.413 e. The predicted molar refractivity (Wildman–Crippen MR) is 195 cm³/mol. The quantitative estimate of drug-likeness (QED) is 0.141. The Balaban J connectivity index is 1.89. The van der Waals surface area contributed by atoms with Crippen LogP contribution in [0.2, 0.25) is 36.3 Å². The van der Waals surface area contributed by atoms with Gasteiger partial charge in [0, 0.05) is 19.5 Å². The molecule has 45 heavy (non-hydrogen) atoms. The van der Waals surface area contributed by atoms with Crippen molar-refractivity contribution < 1.29 is 18.5 Å². The van der Waals surface area contributed by atoms with Crippen molar-refractivity contribution in [3.05, 3.63) is 47.6 Å². The van der Waals surface area contributed by atoms with Crippen LogP contribution in [-0.4, -0.2) is 54.0 Å². The van der Waals surface area contributed by atoms with Crippen LogP contribution >= 0.6 is 0 Å². The highest BCUT2D eigenvalue weighted by Gasteiger charge is 2.50. The number of carbonyl (C=O) groups excluding carboxylic acids is 1. The van der Waals surface area contributed by atoms with E-state index in [9.17, 15) is 4.79 Å². The molecule has 0 heterocycles. The summed E-state index contributed by atoms with van der Waals surface area (Å²) in [6.07, 6.45) is 16.6. The first-order valence-corrected chi connectivity index (χ1v) is 23.3. The molecule has 3 saturated carbocycles. The van der Waals surface area contributed by atoms with Crippen molar-refractivity contribution in [1.29, 1.82) is 0 Å². The number of hydroxylamine groups is 2. The first-order chi connectivity index (χ1) is 20.5. The Labute approximate surface area is 279 Å². The molecule has 0 aromatic heterocycles. The van der Waals surface area contributed by atoms with Crippen molar-refractivity contribution in [1.82, 2.24) is 5.06 Å². The fourth-order valence-corrected chi connectivity index (χ4v) is 10.1. The average molecular weight is 658 g/mol. The number of rotatable bonds is 9. The molecule has 0 spiro atoms. The van der Waals surface area contributed by atoms with Gasteiger partial charge >= 0.3 is 0 Å². The van der Waals surface area contributed by atoms with Crippen LogP contribution in [-0.2, 0) is 18.5 Å². The third-order valence-electron chi connectivity index (χ3n) is 12.5. The van der Waals surface area contributed by atoms with E-state index in [-0.39, 0.29) is 33.6 Å². The molecule has 0 aromatic carbocycles. The minimum atomic E-state index is -2.00. The molecule has 3 rings (SSSR count). The van der Waals surface area contributed by atoms with Gasteiger partial charge in [-0.15, -0.1) is 0 Å². The van der Waals surface area contributed by atoms with Gasteiger partial charge in [0.15, 0.2) is 16.6 Å². The Morgan fingerprint density at radius 1 is 1.02 bits per heavy atom. The van der Waals surface area contributed by atoms with Crippen LogP contribution in [0.1, 0.15) is 100 Å². The first-order valence-electron chi connectivity index (χ1n) is 17.5. The third-order valence-corrected chi connectivity index (χ3v) is 21.6. The van der Waals surface area contributed by atoms with Crippen LogP contribution in [0.25, 0.3) is 0 Å². The van der Waals surface area contributed by atoms with Crippen LogP contribution in [0.15, 0.2) is 47.6 Å². The number of nitrogens with zero attached hydrogens (tertiary/aromatic N) is 1. The van der Waals surface area contributed by atoms with Gasteiger partial charge in [-0.3, -0.25) is 9.63 Å². The van der Waals surface area contributed by atoms with Gasteiger partial charge in [-0.2, -0.15) is 0 Å². The van der Waals surface area contributed by atoms with E-state index in [1.165, 1.54) is 49.9 Å². The molecule has 3 aliphatic carbocycles. The number of allylic oxidation sites excluding steroid dienone is 4. The Kier molecular flexibility index (Phi) is 11.9. The lowest BCUT2D eigenvalue weighted by Crippen LogP contribution is -2.49. The number of hydrogen-bond acceptors (Lipinski definition) is 4. The van der Waals surface area contributed by atoms with Gasteiger partial charge in [0.05, 0.1) is 19.3 Å². The molecule has 0 N–H and O–H groups in total. The van der Waals surface area contributed by atoms with Crippen LogP contribution < -0.4 is 0 Å². The van der Waals surface area contributed by atoms with Crippen molar-refractivity contribution in [3.8, 4) is 0 Å². The standard InChI is InChI=1S/C38H67NO4Si2/c1-27(18-23-35(40)39(10)41-11)32-21-22-33-29(17-16-24-38(32,33)9)19-20-30-25-31(42-44(12,13)36(3,4)5)26-34(28(30)2)43-45(14,15)37(6,7)8/h18-20,23,27,31-34H,2,16-17,21-22,24-26H2,1,3-15H3/t27-,31-,32-,33+,34+,38-/m1/s1. The Morgan fingerprint density at radius 3 is 2.20 bits per heavy atom. The normalized spacial score (nSPS) is 31.1. The number of carbonyl (C=O) groups is 1. The summed E-state index contributed by atoms with van der Waals surface area (Å²) in [6.45, 7) is 32.8. The molecular formula is C38H67NO4Si2. The van der Waals surface area contributed by atoms with Gasteiger partial charge in [-0.25, -0.2) is 5.06 Å². The summed E-state index contributed by atoms with van der Waals surface area (Å²) in [6, 6.07) is 0. The molecule has 0 bridgehead atoms. The SMILES string of the molecule is C=C1C(=CC=C2CCC[C@]3(C)[C@@H]([C@H](C)C=CC(=O)N(C)OC)CC[C@@H]23)C[C@@H](O[Si](C)(C)C(C)(C)C)C[C@@H]1O[Si](C)(C)C(C)(C)C. The van der Waals surface area contributed by atoms with Crippen LogP contribution in [0, 0.1) is 23.2 Å². The zero-order valence-electron chi connectivity index (χ0n) is 31.4. The van der Waals surface area contributed by atoms with Crippen molar-refractivity contribution in [2.75, 3.05) is 14.2 Å². The molecule has 0 radical (unpaired) electrons. The van der Waals surface area contributed by atoms with Gasteiger partial charge in [0.25, 0.3) is 5.91 Å². The molecule has 5 nitrogen and oxygen atoms in total. The number of hydrogen-bond donors (Lipinski definition) is 0. The predicted octanol–water partition coefficient (Wildman–Crippen LogP) is 10.4. The maximum atomic E-state index is 12.3. The van der Waals surface area contributed by atoms with Gasteiger partial charge in [0.1, 0.15) is 0 Å². The Bertz CT molecular complexity index is 1170. The Morgan fingerprint density at radius 2 is 1.62 bits per heavy atom. The summed E-state index contributed by atoms with van der Waals surface area (Å²) >= 11 is 0. The van der Waals surface area contributed by atoms with Crippen LogP contribution in [0.4, 0.5) is 0 Å².